The predicted octanol–water partition coefficient (Wildman–Crippen LogP) is 1.44. The van der Waals surface area contributed by atoms with Crippen LogP contribution in [0, 0.1) is 5.92 Å². The van der Waals surface area contributed by atoms with Crippen LogP contribution >= 0.6 is 0 Å². The molecule has 2 unspecified atom stereocenters. The van der Waals surface area contributed by atoms with Crippen molar-refractivity contribution in [2.45, 2.75) is 32.2 Å². The minimum atomic E-state index is -3.37. The molecule has 3 rings (SSSR count). The number of rotatable bonds is 4. The van der Waals surface area contributed by atoms with Crippen LogP contribution in [-0.2, 0) is 16.6 Å². The molecule has 2 N–H and O–H groups in total. The van der Waals surface area contributed by atoms with Crippen LogP contribution in [0.5, 0.6) is 0 Å². The van der Waals surface area contributed by atoms with Gasteiger partial charge in [-0.05, 0) is 42.9 Å². The third kappa shape index (κ3) is 3.51. The van der Waals surface area contributed by atoms with Crippen molar-refractivity contribution >= 4 is 10.2 Å². The van der Waals surface area contributed by atoms with Crippen molar-refractivity contribution in [3.8, 4) is 0 Å². The van der Waals surface area contributed by atoms with E-state index in [9.17, 15) is 8.42 Å². The van der Waals surface area contributed by atoms with Crippen LogP contribution in [0.4, 0.5) is 0 Å². The van der Waals surface area contributed by atoms with E-state index in [4.69, 9.17) is 0 Å². The summed E-state index contributed by atoms with van der Waals surface area (Å²) in [5, 5.41) is 3.41. The van der Waals surface area contributed by atoms with Gasteiger partial charge in [0.05, 0.1) is 0 Å². The molecular weight excluding hydrogens is 298 g/mol. The largest absolute Gasteiger partial charge is 0.308 e. The summed E-state index contributed by atoms with van der Waals surface area (Å²) in [6.07, 6.45) is 3.07. The Morgan fingerprint density at radius 1 is 1.36 bits per heavy atom. The van der Waals surface area contributed by atoms with Crippen LogP contribution in [-0.4, -0.2) is 38.9 Å². The molecule has 6 heteroatoms. The Balaban J connectivity index is 1.65. The lowest BCUT2D eigenvalue weighted by Crippen LogP contribution is -2.48. The van der Waals surface area contributed by atoms with E-state index in [0.717, 1.165) is 25.8 Å². The molecule has 1 fully saturated rings. The molecule has 0 amide bonds. The molecule has 122 valence electrons. The fourth-order valence-electron chi connectivity index (χ4n) is 3.42. The van der Waals surface area contributed by atoms with E-state index in [0.29, 0.717) is 25.6 Å². The van der Waals surface area contributed by atoms with Gasteiger partial charge in [0.2, 0.25) is 0 Å². The summed E-state index contributed by atoms with van der Waals surface area (Å²) in [5.41, 5.74) is 2.53. The third-order valence-electron chi connectivity index (χ3n) is 4.65. The first-order valence-corrected chi connectivity index (χ1v) is 9.56. The second-order valence-corrected chi connectivity index (χ2v) is 8.17. The minimum Gasteiger partial charge on any atom is -0.308 e. The van der Waals surface area contributed by atoms with Crippen LogP contribution in [0.15, 0.2) is 24.3 Å². The van der Waals surface area contributed by atoms with Crippen molar-refractivity contribution in [3.63, 3.8) is 0 Å². The molecule has 1 aromatic rings. The first kappa shape index (κ1) is 15.9. The molecule has 2 atom stereocenters. The van der Waals surface area contributed by atoms with Gasteiger partial charge in [0.1, 0.15) is 0 Å². The zero-order chi connectivity index (χ0) is 15.6. The normalized spacial score (nSPS) is 26.6. The second-order valence-electron chi connectivity index (χ2n) is 6.41. The number of hydrogen-bond donors (Lipinski definition) is 2. The molecule has 2 heterocycles. The summed E-state index contributed by atoms with van der Waals surface area (Å²) in [4.78, 5) is 0. The summed E-state index contributed by atoms with van der Waals surface area (Å²) in [7, 11) is -3.37. The van der Waals surface area contributed by atoms with E-state index in [2.05, 4.69) is 29.1 Å². The van der Waals surface area contributed by atoms with E-state index < -0.39 is 10.2 Å². The standard InChI is InChI=1S/C16H25N3O2S/c1-13-5-4-10-19(12-13)22(20,21)18-11-16-15-7-3-2-6-14(15)8-9-17-16/h2-3,6-7,13,16-18H,4-5,8-12H2,1H3. The summed E-state index contributed by atoms with van der Waals surface area (Å²) >= 11 is 0. The molecule has 22 heavy (non-hydrogen) atoms. The van der Waals surface area contributed by atoms with E-state index in [-0.39, 0.29) is 6.04 Å². The molecule has 2 aliphatic heterocycles. The Morgan fingerprint density at radius 3 is 3.00 bits per heavy atom. The smallest absolute Gasteiger partial charge is 0.279 e. The number of benzene rings is 1. The Morgan fingerprint density at radius 2 is 2.18 bits per heavy atom. The molecular formula is C16H25N3O2S. The van der Waals surface area contributed by atoms with Gasteiger partial charge in [0.25, 0.3) is 10.2 Å². The fourth-order valence-corrected chi connectivity index (χ4v) is 4.80. The highest BCUT2D eigenvalue weighted by Gasteiger charge is 2.28. The van der Waals surface area contributed by atoms with Gasteiger partial charge in [-0.25, -0.2) is 4.72 Å². The van der Waals surface area contributed by atoms with Crippen molar-refractivity contribution in [3.05, 3.63) is 35.4 Å². The zero-order valence-electron chi connectivity index (χ0n) is 13.1. The highest BCUT2D eigenvalue weighted by Crippen LogP contribution is 2.23. The van der Waals surface area contributed by atoms with Gasteiger partial charge in [0.15, 0.2) is 0 Å². The lowest BCUT2D eigenvalue weighted by Gasteiger charge is -2.32. The summed E-state index contributed by atoms with van der Waals surface area (Å²) in [5.74, 6) is 0.443. The Labute approximate surface area is 133 Å². The van der Waals surface area contributed by atoms with Crippen molar-refractivity contribution in [2.75, 3.05) is 26.2 Å². The average Bonchev–Trinajstić information content (AvgIpc) is 2.53. The summed E-state index contributed by atoms with van der Waals surface area (Å²) < 4.78 is 29.3. The van der Waals surface area contributed by atoms with Crippen LogP contribution in [0.25, 0.3) is 0 Å². The Bertz CT molecular complexity index is 618. The maximum atomic E-state index is 12.5. The molecule has 0 radical (unpaired) electrons. The topological polar surface area (TPSA) is 61.4 Å². The van der Waals surface area contributed by atoms with Crippen molar-refractivity contribution < 1.29 is 8.42 Å². The minimum absolute atomic E-state index is 0.0574. The van der Waals surface area contributed by atoms with Crippen molar-refractivity contribution in [2.24, 2.45) is 5.92 Å². The van der Waals surface area contributed by atoms with Crippen LogP contribution < -0.4 is 10.0 Å². The molecule has 0 saturated carbocycles. The molecule has 0 aromatic heterocycles. The lowest BCUT2D eigenvalue weighted by atomic mass is 9.95. The van der Waals surface area contributed by atoms with E-state index in [1.54, 1.807) is 4.31 Å². The molecule has 1 aromatic carbocycles. The van der Waals surface area contributed by atoms with Crippen LogP contribution in [0.2, 0.25) is 0 Å². The van der Waals surface area contributed by atoms with E-state index >= 15 is 0 Å². The predicted molar refractivity (Wildman–Crippen MR) is 87.8 cm³/mol. The van der Waals surface area contributed by atoms with Gasteiger partial charge in [-0.15, -0.1) is 0 Å². The number of fused-ring (bicyclic) bond motifs is 1. The van der Waals surface area contributed by atoms with Crippen LogP contribution in [0.3, 0.4) is 0 Å². The molecule has 0 bridgehead atoms. The lowest BCUT2D eigenvalue weighted by molar-refractivity contribution is 0.277. The van der Waals surface area contributed by atoms with E-state index in [1.165, 1.54) is 11.1 Å². The second kappa shape index (κ2) is 6.66. The average molecular weight is 323 g/mol. The Kier molecular flexibility index (Phi) is 4.82. The zero-order valence-corrected chi connectivity index (χ0v) is 13.9. The summed E-state index contributed by atoms with van der Waals surface area (Å²) in [6, 6.07) is 8.33. The van der Waals surface area contributed by atoms with Crippen molar-refractivity contribution in [1.29, 1.82) is 0 Å². The van der Waals surface area contributed by atoms with Gasteiger partial charge in [-0.3, -0.25) is 0 Å². The number of nitrogens with one attached hydrogen (secondary N) is 2. The molecule has 0 spiro atoms. The van der Waals surface area contributed by atoms with Crippen LogP contribution in [0.1, 0.15) is 36.9 Å². The van der Waals surface area contributed by atoms with Gasteiger partial charge in [0, 0.05) is 25.7 Å². The molecule has 2 aliphatic rings. The van der Waals surface area contributed by atoms with E-state index in [1.807, 2.05) is 12.1 Å². The van der Waals surface area contributed by atoms with Gasteiger partial charge in [-0.2, -0.15) is 12.7 Å². The fraction of sp³-hybridized carbons (Fsp3) is 0.625. The number of nitrogens with zero attached hydrogens (tertiary/aromatic N) is 1. The maximum Gasteiger partial charge on any atom is 0.279 e. The van der Waals surface area contributed by atoms with Gasteiger partial charge in [-0.1, -0.05) is 31.2 Å². The quantitative estimate of drug-likeness (QED) is 0.881. The highest BCUT2D eigenvalue weighted by molar-refractivity contribution is 7.87. The number of piperidine rings is 1. The molecule has 1 saturated heterocycles. The first-order chi connectivity index (χ1) is 10.6. The summed E-state index contributed by atoms with van der Waals surface area (Å²) in [6.45, 7) is 4.67. The molecule has 5 nitrogen and oxygen atoms in total. The maximum absolute atomic E-state index is 12.5. The Hall–Kier alpha value is -0.950. The van der Waals surface area contributed by atoms with Crippen molar-refractivity contribution in [1.82, 2.24) is 14.3 Å². The SMILES string of the molecule is CC1CCCN(S(=O)(=O)NCC2NCCc3ccccc32)C1. The van der Waals surface area contributed by atoms with Gasteiger partial charge >= 0.3 is 0 Å². The number of hydrogen-bond acceptors (Lipinski definition) is 3. The highest BCUT2D eigenvalue weighted by atomic mass is 32.2. The van der Waals surface area contributed by atoms with Gasteiger partial charge < -0.3 is 5.32 Å². The first-order valence-electron chi connectivity index (χ1n) is 8.12. The molecule has 0 aliphatic carbocycles. The monoisotopic (exact) mass is 323 g/mol. The third-order valence-corrected chi connectivity index (χ3v) is 6.19.